The van der Waals surface area contributed by atoms with Gasteiger partial charge < -0.3 is 11.1 Å². The Balaban J connectivity index is 2.17. The van der Waals surface area contributed by atoms with Crippen molar-refractivity contribution in [2.75, 3.05) is 19.6 Å². The summed E-state index contributed by atoms with van der Waals surface area (Å²) in [7, 11) is 0. The predicted molar refractivity (Wildman–Crippen MR) is 76.6 cm³/mol. The van der Waals surface area contributed by atoms with E-state index in [1.165, 1.54) is 18.2 Å². The molecule has 0 saturated carbocycles. The minimum absolute atomic E-state index is 0.0981. The number of halogens is 1. The molecule has 0 aliphatic carbocycles. The van der Waals surface area contributed by atoms with Crippen molar-refractivity contribution >= 4 is 5.91 Å². The normalized spacial score (nSPS) is 15.9. The van der Waals surface area contributed by atoms with Crippen molar-refractivity contribution in [2.45, 2.75) is 25.4 Å². The summed E-state index contributed by atoms with van der Waals surface area (Å²) in [5.74, 6) is -0.789. The summed E-state index contributed by atoms with van der Waals surface area (Å²) < 4.78 is 13.9. The number of amides is 1. The number of nitriles is 1. The Kier molecular flexibility index (Phi) is 5.26. The number of nitrogens with zero attached hydrogens (tertiary/aromatic N) is 2. The molecule has 1 saturated heterocycles. The van der Waals surface area contributed by atoms with Crippen molar-refractivity contribution in [1.29, 1.82) is 5.26 Å². The van der Waals surface area contributed by atoms with Gasteiger partial charge in [0, 0.05) is 18.2 Å². The minimum Gasteiger partial charge on any atom is -0.369 e. The Morgan fingerprint density at radius 3 is 2.81 bits per heavy atom. The number of piperidine rings is 1. The molecule has 0 atom stereocenters. The lowest BCUT2D eigenvalue weighted by atomic mass is 10.0. The van der Waals surface area contributed by atoms with Gasteiger partial charge in [-0.15, -0.1) is 0 Å². The van der Waals surface area contributed by atoms with Gasteiger partial charge in [0.15, 0.2) is 0 Å². The van der Waals surface area contributed by atoms with E-state index in [1.54, 1.807) is 0 Å². The third-order valence-corrected chi connectivity index (χ3v) is 3.73. The summed E-state index contributed by atoms with van der Waals surface area (Å²) >= 11 is 0. The fourth-order valence-corrected chi connectivity index (χ4v) is 2.67. The van der Waals surface area contributed by atoms with Gasteiger partial charge >= 0.3 is 0 Å². The number of hydrogen-bond acceptors (Lipinski definition) is 4. The van der Waals surface area contributed by atoms with Crippen LogP contribution in [0.1, 0.15) is 24.0 Å². The molecule has 3 N–H and O–H groups in total. The average Bonchev–Trinajstić information content (AvgIpc) is 2.49. The van der Waals surface area contributed by atoms with Crippen molar-refractivity contribution in [2.24, 2.45) is 5.73 Å². The molecule has 2 rings (SSSR count). The first-order valence-corrected chi connectivity index (χ1v) is 7.01. The number of rotatable bonds is 5. The maximum atomic E-state index is 13.9. The highest BCUT2D eigenvalue weighted by Gasteiger charge is 2.23. The zero-order valence-electron chi connectivity index (χ0n) is 11.8. The van der Waals surface area contributed by atoms with Crippen molar-refractivity contribution in [3.05, 3.63) is 35.1 Å². The second-order valence-corrected chi connectivity index (χ2v) is 5.27. The monoisotopic (exact) mass is 290 g/mol. The van der Waals surface area contributed by atoms with Gasteiger partial charge in [0.1, 0.15) is 5.82 Å². The lowest BCUT2D eigenvalue weighted by Crippen LogP contribution is -2.46. The average molecular weight is 290 g/mol. The highest BCUT2D eigenvalue weighted by Crippen LogP contribution is 2.18. The lowest BCUT2D eigenvalue weighted by molar-refractivity contribution is -0.120. The lowest BCUT2D eigenvalue weighted by Gasteiger charge is -2.34. The van der Waals surface area contributed by atoms with Crippen LogP contribution in [-0.2, 0) is 11.3 Å². The number of primary amides is 1. The van der Waals surface area contributed by atoms with Gasteiger partial charge in [-0.2, -0.15) is 5.26 Å². The molecule has 0 spiro atoms. The molecular formula is C15H19FN4O. The number of carbonyl (C=O) groups is 1. The minimum atomic E-state index is -0.426. The van der Waals surface area contributed by atoms with Crippen molar-refractivity contribution in [3.8, 4) is 6.07 Å². The van der Waals surface area contributed by atoms with E-state index in [4.69, 9.17) is 11.0 Å². The van der Waals surface area contributed by atoms with Gasteiger partial charge in [-0.05, 0) is 44.1 Å². The smallest absolute Gasteiger partial charge is 0.231 e. The molecule has 1 aliphatic rings. The summed E-state index contributed by atoms with van der Waals surface area (Å²) in [6.45, 7) is 2.14. The molecule has 0 radical (unpaired) electrons. The highest BCUT2D eigenvalue weighted by molar-refractivity contribution is 5.76. The molecule has 1 fully saturated rings. The third-order valence-electron chi connectivity index (χ3n) is 3.73. The van der Waals surface area contributed by atoms with Crippen LogP contribution < -0.4 is 11.1 Å². The molecule has 0 bridgehead atoms. The number of nitrogens with two attached hydrogens (primary N) is 1. The van der Waals surface area contributed by atoms with Crippen LogP contribution >= 0.6 is 0 Å². The first kappa shape index (κ1) is 15.4. The maximum Gasteiger partial charge on any atom is 0.231 e. The fourth-order valence-electron chi connectivity index (χ4n) is 2.67. The van der Waals surface area contributed by atoms with Crippen molar-refractivity contribution in [1.82, 2.24) is 10.2 Å². The molecule has 1 aromatic rings. The standard InChI is InChI=1S/C15H19FN4O/c16-14-2-1-11(8-17)7-12(14)9-20(10-15(18)21)13-3-5-19-6-4-13/h1-2,7,13,19H,3-6,9-10H2,(H2,18,21). The van der Waals surface area contributed by atoms with Gasteiger partial charge in [-0.3, -0.25) is 9.69 Å². The van der Waals surface area contributed by atoms with Gasteiger partial charge in [0.05, 0.1) is 18.2 Å². The van der Waals surface area contributed by atoms with E-state index >= 15 is 0 Å². The van der Waals surface area contributed by atoms with Crippen LogP contribution in [0.5, 0.6) is 0 Å². The van der Waals surface area contributed by atoms with Crippen LogP contribution in [0.2, 0.25) is 0 Å². The summed E-state index contributed by atoms with van der Waals surface area (Å²) in [6.07, 6.45) is 1.79. The van der Waals surface area contributed by atoms with E-state index in [9.17, 15) is 9.18 Å². The van der Waals surface area contributed by atoms with E-state index in [2.05, 4.69) is 5.32 Å². The predicted octanol–water partition coefficient (Wildman–Crippen LogP) is 0.737. The van der Waals surface area contributed by atoms with E-state index < -0.39 is 5.91 Å². The molecule has 5 nitrogen and oxygen atoms in total. The van der Waals surface area contributed by atoms with E-state index in [-0.39, 0.29) is 24.9 Å². The largest absolute Gasteiger partial charge is 0.369 e. The van der Waals surface area contributed by atoms with E-state index in [0.29, 0.717) is 11.1 Å². The molecule has 0 unspecified atom stereocenters. The first-order valence-electron chi connectivity index (χ1n) is 7.01. The molecule has 1 aliphatic heterocycles. The summed E-state index contributed by atoms with van der Waals surface area (Å²) in [5, 5.41) is 12.2. The number of nitrogens with one attached hydrogen (secondary N) is 1. The Hall–Kier alpha value is -1.97. The van der Waals surface area contributed by atoms with Crippen LogP contribution in [0.3, 0.4) is 0 Å². The van der Waals surface area contributed by atoms with Crippen LogP contribution in [-0.4, -0.2) is 36.5 Å². The van der Waals surface area contributed by atoms with Crippen LogP contribution in [0.4, 0.5) is 4.39 Å². The van der Waals surface area contributed by atoms with Crippen molar-refractivity contribution < 1.29 is 9.18 Å². The zero-order valence-corrected chi connectivity index (χ0v) is 11.8. The maximum absolute atomic E-state index is 13.9. The molecular weight excluding hydrogens is 271 g/mol. The molecule has 1 heterocycles. The molecule has 1 amide bonds. The summed E-state index contributed by atoms with van der Waals surface area (Å²) in [4.78, 5) is 13.2. The molecule has 6 heteroatoms. The molecule has 1 aromatic carbocycles. The second-order valence-electron chi connectivity index (χ2n) is 5.27. The Bertz CT molecular complexity index is 549. The molecule has 0 aromatic heterocycles. The third kappa shape index (κ3) is 4.25. The summed E-state index contributed by atoms with van der Waals surface area (Å²) in [5.41, 5.74) is 6.14. The van der Waals surface area contributed by atoms with Gasteiger partial charge in [-0.25, -0.2) is 4.39 Å². The number of hydrogen-bond donors (Lipinski definition) is 2. The zero-order chi connectivity index (χ0) is 15.2. The second kappa shape index (κ2) is 7.16. The summed E-state index contributed by atoms with van der Waals surface area (Å²) in [6, 6.07) is 6.47. The van der Waals surface area contributed by atoms with Crippen LogP contribution in [0.15, 0.2) is 18.2 Å². The van der Waals surface area contributed by atoms with E-state index in [0.717, 1.165) is 25.9 Å². The first-order chi connectivity index (χ1) is 10.1. The van der Waals surface area contributed by atoms with Gasteiger partial charge in [0.25, 0.3) is 0 Å². The number of carbonyl (C=O) groups excluding carboxylic acids is 1. The van der Waals surface area contributed by atoms with Crippen LogP contribution in [0, 0.1) is 17.1 Å². The van der Waals surface area contributed by atoms with E-state index in [1.807, 2.05) is 11.0 Å². The topological polar surface area (TPSA) is 82.2 Å². The Labute approximate surface area is 123 Å². The Morgan fingerprint density at radius 2 is 2.19 bits per heavy atom. The Morgan fingerprint density at radius 1 is 1.48 bits per heavy atom. The van der Waals surface area contributed by atoms with Gasteiger partial charge in [-0.1, -0.05) is 0 Å². The van der Waals surface area contributed by atoms with Crippen molar-refractivity contribution in [3.63, 3.8) is 0 Å². The van der Waals surface area contributed by atoms with Gasteiger partial charge in [0.2, 0.25) is 5.91 Å². The van der Waals surface area contributed by atoms with Crippen LogP contribution in [0.25, 0.3) is 0 Å². The quantitative estimate of drug-likeness (QED) is 0.838. The molecule has 21 heavy (non-hydrogen) atoms. The molecule has 112 valence electrons. The number of benzene rings is 1. The highest BCUT2D eigenvalue weighted by atomic mass is 19.1. The SMILES string of the molecule is N#Cc1ccc(F)c(CN(CC(N)=O)C2CCNCC2)c1. The fraction of sp³-hybridized carbons (Fsp3) is 0.467.